The first kappa shape index (κ1) is 10.4. The predicted molar refractivity (Wildman–Crippen MR) is 58.4 cm³/mol. The lowest BCUT2D eigenvalue weighted by molar-refractivity contribution is 0.818. The Labute approximate surface area is 84.3 Å². The second-order valence-corrected chi connectivity index (χ2v) is 3.80. The molecule has 13 heavy (non-hydrogen) atoms. The van der Waals surface area contributed by atoms with Crippen LogP contribution >= 0.6 is 11.6 Å². The minimum atomic E-state index is 0.0358. The van der Waals surface area contributed by atoms with E-state index in [9.17, 15) is 0 Å². The maximum atomic E-state index is 6.07. The Morgan fingerprint density at radius 3 is 2.38 bits per heavy atom. The molecule has 0 radical (unpaired) electrons. The molecule has 1 aromatic rings. The smallest absolute Gasteiger partial charge is 0.0642 e. The standard InChI is InChI=1S/C10H15ClN2/c1-7(12)8-4-5-10(13(2)3)9(11)6-8/h4-7H,12H2,1-3H3. The van der Waals surface area contributed by atoms with Gasteiger partial charge in [-0.25, -0.2) is 0 Å². The van der Waals surface area contributed by atoms with E-state index in [0.29, 0.717) is 0 Å². The zero-order chi connectivity index (χ0) is 10.0. The summed E-state index contributed by atoms with van der Waals surface area (Å²) >= 11 is 6.07. The molecule has 2 N–H and O–H groups in total. The third-order valence-corrected chi connectivity index (χ3v) is 2.28. The van der Waals surface area contributed by atoms with Crippen LogP contribution in [-0.2, 0) is 0 Å². The van der Waals surface area contributed by atoms with Crippen LogP contribution in [0.1, 0.15) is 18.5 Å². The second kappa shape index (κ2) is 3.99. The highest BCUT2D eigenvalue weighted by Gasteiger charge is 2.05. The lowest BCUT2D eigenvalue weighted by Crippen LogP contribution is -2.10. The number of rotatable bonds is 2. The second-order valence-electron chi connectivity index (χ2n) is 3.39. The van der Waals surface area contributed by atoms with Crippen molar-refractivity contribution in [2.45, 2.75) is 13.0 Å². The molecule has 0 aromatic heterocycles. The molecule has 0 saturated carbocycles. The Morgan fingerprint density at radius 2 is 2.00 bits per heavy atom. The number of nitrogens with two attached hydrogens (primary N) is 1. The van der Waals surface area contributed by atoms with Crippen molar-refractivity contribution < 1.29 is 0 Å². The van der Waals surface area contributed by atoms with Gasteiger partial charge in [-0.1, -0.05) is 17.7 Å². The molecule has 0 bridgehead atoms. The van der Waals surface area contributed by atoms with Gasteiger partial charge in [-0.15, -0.1) is 0 Å². The molecule has 72 valence electrons. The van der Waals surface area contributed by atoms with E-state index in [2.05, 4.69) is 0 Å². The minimum absolute atomic E-state index is 0.0358. The summed E-state index contributed by atoms with van der Waals surface area (Å²) in [6.07, 6.45) is 0. The topological polar surface area (TPSA) is 29.3 Å². The first-order valence-corrected chi connectivity index (χ1v) is 4.62. The van der Waals surface area contributed by atoms with Crippen molar-refractivity contribution in [2.24, 2.45) is 5.73 Å². The van der Waals surface area contributed by atoms with Gasteiger partial charge in [0, 0.05) is 20.1 Å². The van der Waals surface area contributed by atoms with Crippen molar-refractivity contribution in [1.82, 2.24) is 0 Å². The van der Waals surface area contributed by atoms with E-state index in [4.69, 9.17) is 17.3 Å². The highest BCUT2D eigenvalue weighted by atomic mass is 35.5. The van der Waals surface area contributed by atoms with E-state index in [1.165, 1.54) is 0 Å². The van der Waals surface area contributed by atoms with Crippen LogP contribution < -0.4 is 10.6 Å². The molecule has 0 aliphatic rings. The minimum Gasteiger partial charge on any atom is -0.376 e. The lowest BCUT2D eigenvalue weighted by Gasteiger charge is -2.16. The summed E-state index contributed by atoms with van der Waals surface area (Å²) in [5, 5.41) is 0.750. The number of nitrogens with zero attached hydrogens (tertiary/aromatic N) is 1. The van der Waals surface area contributed by atoms with Crippen molar-refractivity contribution >= 4 is 17.3 Å². The van der Waals surface area contributed by atoms with Crippen LogP contribution in [0.2, 0.25) is 5.02 Å². The molecule has 1 rings (SSSR count). The summed E-state index contributed by atoms with van der Waals surface area (Å²) in [4.78, 5) is 1.98. The Balaban J connectivity index is 3.06. The van der Waals surface area contributed by atoms with Crippen LogP contribution in [0.4, 0.5) is 5.69 Å². The summed E-state index contributed by atoms with van der Waals surface area (Å²) < 4.78 is 0. The summed E-state index contributed by atoms with van der Waals surface area (Å²) in [5.41, 5.74) is 7.82. The van der Waals surface area contributed by atoms with E-state index in [0.717, 1.165) is 16.3 Å². The molecule has 2 nitrogen and oxygen atoms in total. The summed E-state index contributed by atoms with van der Waals surface area (Å²) in [7, 11) is 3.93. The first-order chi connectivity index (χ1) is 6.02. The van der Waals surface area contributed by atoms with Gasteiger partial charge in [0.05, 0.1) is 10.7 Å². The SMILES string of the molecule is CC(N)c1ccc(N(C)C)c(Cl)c1. The molecule has 1 aromatic carbocycles. The van der Waals surface area contributed by atoms with Gasteiger partial charge in [0.15, 0.2) is 0 Å². The van der Waals surface area contributed by atoms with E-state index >= 15 is 0 Å². The number of hydrogen-bond donors (Lipinski definition) is 1. The van der Waals surface area contributed by atoms with E-state index in [-0.39, 0.29) is 6.04 Å². The van der Waals surface area contributed by atoms with Gasteiger partial charge in [0.1, 0.15) is 0 Å². The maximum absolute atomic E-state index is 6.07. The monoisotopic (exact) mass is 198 g/mol. The average molecular weight is 199 g/mol. The Hall–Kier alpha value is -0.730. The van der Waals surface area contributed by atoms with Gasteiger partial charge >= 0.3 is 0 Å². The Kier molecular flexibility index (Phi) is 3.17. The molecule has 1 atom stereocenters. The third-order valence-electron chi connectivity index (χ3n) is 1.98. The van der Waals surface area contributed by atoms with Gasteiger partial charge in [0.2, 0.25) is 0 Å². The van der Waals surface area contributed by atoms with Crippen LogP contribution in [0.5, 0.6) is 0 Å². The molecular weight excluding hydrogens is 184 g/mol. The number of halogens is 1. The molecule has 0 aliphatic carbocycles. The van der Waals surface area contributed by atoms with Crippen molar-refractivity contribution in [3.63, 3.8) is 0 Å². The first-order valence-electron chi connectivity index (χ1n) is 4.24. The molecular formula is C10H15ClN2. The van der Waals surface area contributed by atoms with E-state index in [1.54, 1.807) is 0 Å². The highest BCUT2D eigenvalue weighted by Crippen LogP contribution is 2.26. The zero-order valence-electron chi connectivity index (χ0n) is 8.21. The fraction of sp³-hybridized carbons (Fsp3) is 0.400. The third kappa shape index (κ3) is 2.36. The van der Waals surface area contributed by atoms with Crippen molar-refractivity contribution in [3.8, 4) is 0 Å². The number of anilines is 1. The molecule has 0 saturated heterocycles. The zero-order valence-corrected chi connectivity index (χ0v) is 8.97. The molecule has 0 amide bonds. The average Bonchev–Trinajstić information content (AvgIpc) is 2.03. The number of hydrogen-bond acceptors (Lipinski definition) is 2. The quantitative estimate of drug-likeness (QED) is 0.791. The fourth-order valence-electron chi connectivity index (χ4n) is 1.17. The van der Waals surface area contributed by atoms with E-state index < -0.39 is 0 Å². The van der Waals surface area contributed by atoms with Crippen LogP contribution in [0, 0.1) is 0 Å². The Morgan fingerprint density at radius 1 is 1.38 bits per heavy atom. The highest BCUT2D eigenvalue weighted by molar-refractivity contribution is 6.33. The molecule has 0 aliphatic heterocycles. The van der Waals surface area contributed by atoms with Gasteiger partial charge in [-0.2, -0.15) is 0 Å². The van der Waals surface area contributed by atoms with Crippen molar-refractivity contribution in [1.29, 1.82) is 0 Å². The molecule has 1 unspecified atom stereocenters. The summed E-state index contributed by atoms with van der Waals surface area (Å²) in [6, 6.07) is 5.95. The molecule has 0 spiro atoms. The molecule has 3 heteroatoms. The van der Waals surface area contributed by atoms with Crippen molar-refractivity contribution in [3.05, 3.63) is 28.8 Å². The van der Waals surface area contributed by atoms with Crippen LogP contribution in [0.3, 0.4) is 0 Å². The summed E-state index contributed by atoms with van der Waals surface area (Å²) in [5.74, 6) is 0. The normalized spacial score (nSPS) is 12.7. The fourth-order valence-corrected chi connectivity index (χ4v) is 1.53. The van der Waals surface area contributed by atoms with Gasteiger partial charge in [-0.3, -0.25) is 0 Å². The lowest BCUT2D eigenvalue weighted by atomic mass is 10.1. The van der Waals surface area contributed by atoms with Crippen LogP contribution in [0.15, 0.2) is 18.2 Å². The van der Waals surface area contributed by atoms with Crippen LogP contribution in [0.25, 0.3) is 0 Å². The maximum Gasteiger partial charge on any atom is 0.0642 e. The predicted octanol–water partition coefficient (Wildman–Crippen LogP) is 2.43. The van der Waals surface area contributed by atoms with Crippen molar-refractivity contribution in [2.75, 3.05) is 19.0 Å². The van der Waals surface area contributed by atoms with Gasteiger partial charge in [-0.05, 0) is 24.6 Å². The van der Waals surface area contributed by atoms with Gasteiger partial charge < -0.3 is 10.6 Å². The largest absolute Gasteiger partial charge is 0.376 e. The summed E-state index contributed by atoms with van der Waals surface area (Å²) in [6.45, 7) is 1.95. The number of benzene rings is 1. The van der Waals surface area contributed by atoms with Gasteiger partial charge in [0.25, 0.3) is 0 Å². The van der Waals surface area contributed by atoms with E-state index in [1.807, 2.05) is 44.1 Å². The molecule has 0 fully saturated rings. The van der Waals surface area contributed by atoms with Crippen LogP contribution in [-0.4, -0.2) is 14.1 Å². The Bertz CT molecular complexity index is 295. The molecule has 0 heterocycles.